The summed E-state index contributed by atoms with van der Waals surface area (Å²) in [5, 5.41) is 12.0. The zero-order chi connectivity index (χ0) is 13.7. The van der Waals surface area contributed by atoms with Crippen molar-refractivity contribution in [2.24, 2.45) is 5.73 Å². The molecule has 0 saturated heterocycles. The highest BCUT2D eigenvalue weighted by atomic mass is 16.3. The smallest absolute Gasteiger partial charge is 0.222 e. The van der Waals surface area contributed by atoms with Crippen LogP contribution in [0.4, 0.5) is 0 Å². The summed E-state index contributed by atoms with van der Waals surface area (Å²) >= 11 is 0. The molecule has 4 heteroatoms. The minimum absolute atomic E-state index is 0.0128. The minimum atomic E-state index is -0.295. The van der Waals surface area contributed by atoms with Crippen molar-refractivity contribution >= 4 is 5.91 Å². The van der Waals surface area contributed by atoms with Crippen molar-refractivity contribution in [1.29, 1.82) is 0 Å². The summed E-state index contributed by atoms with van der Waals surface area (Å²) in [4.78, 5) is 11.9. The molecule has 0 aliphatic heterocycles. The molecule has 4 N–H and O–H groups in total. The van der Waals surface area contributed by atoms with Crippen LogP contribution in [0, 0.1) is 0 Å². The molecule has 0 radical (unpaired) electrons. The van der Waals surface area contributed by atoms with E-state index in [2.05, 4.69) is 5.32 Å². The van der Waals surface area contributed by atoms with Crippen LogP contribution in [0.25, 0.3) is 0 Å². The molecule has 4 nitrogen and oxygen atoms in total. The molecule has 19 heavy (non-hydrogen) atoms. The number of rotatable bonds is 5. The average Bonchev–Trinajstić information content (AvgIpc) is 2.83. The molecule has 1 saturated carbocycles. The van der Waals surface area contributed by atoms with E-state index in [-0.39, 0.29) is 18.1 Å². The van der Waals surface area contributed by atoms with Crippen LogP contribution in [0.15, 0.2) is 24.3 Å². The number of aliphatic hydroxyl groups excluding tert-OH is 1. The summed E-state index contributed by atoms with van der Waals surface area (Å²) in [6.07, 6.45) is 4.55. The summed E-state index contributed by atoms with van der Waals surface area (Å²) in [5.74, 6) is 0.0128. The Hall–Kier alpha value is -1.39. The average molecular weight is 262 g/mol. The number of hydrogen-bond acceptors (Lipinski definition) is 3. The zero-order valence-corrected chi connectivity index (χ0v) is 11.2. The summed E-state index contributed by atoms with van der Waals surface area (Å²) in [6.45, 7) is 0.510. The monoisotopic (exact) mass is 262 g/mol. The predicted molar refractivity (Wildman–Crippen MR) is 74.2 cm³/mol. The van der Waals surface area contributed by atoms with Gasteiger partial charge < -0.3 is 16.2 Å². The van der Waals surface area contributed by atoms with E-state index in [9.17, 15) is 4.79 Å². The lowest BCUT2D eigenvalue weighted by Gasteiger charge is -2.22. The molecule has 1 aromatic carbocycles. The van der Waals surface area contributed by atoms with Gasteiger partial charge in [-0.15, -0.1) is 0 Å². The van der Waals surface area contributed by atoms with Gasteiger partial charge in [0.15, 0.2) is 0 Å². The van der Waals surface area contributed by atoms with Gasteiger partial charge in [0, 0.05) is 18.5 Å². The highest BCUT2D eigenvalue weighted by Gasteiger charge is 2.31. The molecular weight excluding hydrogens is 240 g/mol. The fourth-order valence-corrected chi connectivity index (χ4v) is 2.68. The van der Waals surface area contributed by atoms with Crippen LogP contribution in [-0.4, -0.2) is 16.6 Å². The second-order valence-corrected chi connectivity index (χ2v) is 5.50. The molecule has 0 aromatic heterocycles. The number of aliphatic hydroxyl groups is 1. The van der Waals surface area contributed by atoms with Crippen molar-refractivity contribution in [1.82, 2.24) is 5.32 Å². The quantitative estimate of drug-likeness (QED) is 0.752. The predicted octanol–water partition coefficient (Wildman–Crippen LogP) is 1.46. The third-order valence-corrected chi connectivity index (χ3v) is 3.78. The minimum Gasteiger partial charge on any atom is -0.392 e. The fraction of sp³-hybridized carbons (Fsp3) is 0.533. The molecule has 1 amide bonds. The standard InChI is InChI=1S/C15H22N2O2/c16-15(6-1-2-7-15)9-14(19)17-10-12-4-3-5-13(8-12)11-18/h3-5,8,18H,1-2,6-7,9-11,16H2,(H,17,19). The first-order chi connectivity index (χ1) is 9.11. The molecule has 1 fully saturated rings. The molecule has 1 aliphatic rings. The Morgan fingerprint density at radius 3 is 2.68 bits per heavy atom. The second kappa shape index (κ2) is 6.17. The van der Waals surface area contributed by atoms with Crippen molar-refractivity contribution in [3.63, 3.8) is 0 Å². The molecule has 0 heterocycles. The van der Waals surface area contributed by atoms with Crippen LogP contribution in [0.1, 0.15) is 43.2 Å². The van der Waals surface area contributed by atoms with E-state index in [0.717, 1.165) is 36.8 Å². The molecular formula is C15H22N2O2. The first-order valence-corrected chi connectivity index (χ1v) is 6.86. The van der Waals surface area contributed by atoms with Crippen molar-refractivity contribution in [2.45, 2.75) is 50.8 Å². The summed E-state index contributed by atoms with van der Waals surface area (Å²) in [6, 6.07) is 7.58. The maximum Gasteiger partial charge on any atom is 0.222 e. The van der Waals surface area contributed by atoms with Gasteiger partial charge in [0.2, 0.25) is 5.91 Å². The molecule has 1 aromatic rings. The van der Waals surface area contributed by atoms with Crippen molar-refractivity contribution in [3.05, 3.63) is 35.4 Å². The summed E-state index contributed by atoms with van der Waals surface area (Å²) in [7, 11) is 0. The van der Waals surface area contributed by atoms with Gasteiger partial charge in [0.25, 0.3) is 0 Å². The number of hydrogen-bond donors (Lipinski definition) is 3. The van der Waals surface area contributed by atoms with Gasteiger partial charge in [0.05, 0.1) is 6.61 Å². The van der Waals surface area contributed by atoms with Crippen molar-refractivity contribution < 1.29 is 9.90 Å². The van der Waals surface area contributed by atoms with Gasteiger partial charge in [-0.1, -0.05) is 37.1 Å². The van der Waals surface area contributed by atoms with Gasteiger partial charge in [0.1, 0.15) is 0 Å². The van der Waals surface area contributed by atoms with E-state index in [0.29, 0.717) is 13.0 Å². The lowest BCUT2D eigenvalue weighted by atomic mass is 9.94. The van der Waals surface area contributed by atoms with E-state index >= 15 is 0 Å². The summed E-state index contributed by atoms with van der Waals surface area (Å²) in [5.41, 5.74) is 7.74. The Labute approximate surface area is 114 Å². The van der Waals surface area contributed by atoms with Crippen molar-refractivity contribution in [3.8, 4) is 0 Å². The molecule has 2 rings (SSSR count). The highest BCUT2D eigenvalue weighted by Crippen LogP contribution is 2.29. The maximum atomic E-state index is 11.9. The number of carbonyl (C=O) groups is 1. The van der Waals surface area contributed by atoms with Crippen LogP contribution >= 0.6 is 0 Å². The van der Waals surface area contributed by atoms with Crippen LogP contribution < -0.4 is 11.1 Å². The number of amides is 1. The third-order valence-electron chi connectivity index (χ3n) is 3.78. The lowest BCUT2D eigenvalue weighted by Crippen LogP contribution is -2.42. The second-order valence-electron chi connectivity index (χ2n) is 5.50. The zero-order valence-electron chi connectivity index (χ0n) is 11.2. The first-order valence-electron chi connectivity index (χ1n) is 6.86. The number of nitrogens with one attached hydrogen (secondary N) is 1. The SMILES string of the molecule is NC1(CC(=O)NCc2cccc(CO)c2)CCCC1. The topological polar surface area (TPSA) is 75.4 Å². The molecule has 0 spiro atoms. The van der Waals surface area contributed by atoms with Crippen molar-refractivity contribution in [2.75, 3.05) is 0 Å². The largest absolute Gasteiger partial charge is 0.392 e. The summed E-state index contributed by atoms with van der Waals surface area (Å²) < 4.78 is 0. The van der Waals surface area contributed by atoms with E-state index in [1.54, 1.807) is 0 Å². The number of benzene rings is 1. The van der Waals surface area contributed by atoms with Gasteiger partial charge >= 0.3 is 0 Å². The van der Waals surface area contributed by atoms with E-state index in [4.69, 9.17) is 10.8 Å². The Kier molecular flexibility index (Phi) is 4.56. The first kappa shape index (κ1) is 14.0. The fourth-order valence-electron chi connectivity index (χ4n) is 2.68. The number of carbonyl (C=O) groups excluding carboxylic acids is 1. The third kappa shape index (κ3) is 4.04. The molecule has 0 unspecified atom stereocenters. The highest BCUT2D eigenvalue weighted by molar-refractivity contribution is 5.77. The molecule has 0 atom stereocenters. The Bertz CT molecular complexity index is 440. The van der Waals surface area contributed by atoms with E-state index in [1.807, 2.05) is 24.3 Å². The molecule has 104 valence electrons. The Morgan fingerprint density at radius 1 is 1.32 bits per heavy atom. The van der Waals surface area contributed by atoms with E-state index < -0.39 is 0 Å². The van der Waals surface area contributed by atoms with Crippen LogP contribution in [0.2, 0.25) is 0 Å². The number of nitrogens with two attached hydrogens (primary N) is 1. The van der Waals surface area contributed by atoms with Gasteiger partial charge in [-0.05, 0) is 24.0 Å². The van der Waals surface area contributed by atoms with Crippen LogP contribution in [0.3, 0.4) is 0 Å². The van der Waals surface area contributed by atoms with Crippen LogP contribution in [0.5, 0.6) is 0 Å². The van der Waals surface area contributed by atoms with Gasteiger partial charge in [-0.3, -0.25) is 4.79 Å². The van der Waals surface area contributed by atoms with Gasteiger partial charge in [-0.25, -0.2) is 0 Å². The van der Waals surface area contributed by atoms with E-state index in [1.165, 1.54) is 0 Å². The molecule has 1 aliphatic carbocycles. The lowest BCUT2D eigenvalue weighted by molar-refractivity contribution is -0.122. The Morgan fingerprint density at radius 2 is 2.00 bits per heavy atom. The molecule has 0 bridgehead atoms. The maximum absolute atomic E-state index is 11.9. The van der Waals surface area contributed by atoms with Gasteiger partial charge in [-0.2, -0.15) is 0 Å². The normalized spacial score (nSPS) is 17.4. The Balaban J connectivity index is 1.82. The van der Waals surface area contributed by atoms with Crippen LogP contribution in [-0.2, 0) is 17.9 Å².